The van der Waals surface area contributed by atoms with Gasteiger partial charge in [-0.15, -0.1) is 23.1 Å². The minimum Gasteiger partial charge on any atom is -0.477 e. The number of hydrogen-bond acceptors (Lipinski definition) is 4. The third kappa shape index (κ3) is 3.34. The van der Waals surface area contributed by atoms with Gasteiger partial charge < -0.3 is 5.11 Å². The number of benzene rings is 1. The Morgan fingerprint density at radius 2 is 2.11 bits per heavy atom. The second-order valence-electron chi connectivity index (χ2n) is 3.57. The maximum atomic E-state index is 10.9. The molecule has 1 N–H and O–H groups in total. The molecule has 0 atom stereocenters. The van der Waals surface area contributed by atoms with Crippen LogP contribution in [0.4, 0.5) is 0 Å². The van der Waals surface area contributed by atoms with E-state index >= 15 is 0 Å². The van der Waals surface area contributed by atoms with Crippen molar-refractivity contribution in [1.29, 1.82) is 0 Å². The number of carbonyl (C=O) groups is 1. The highest BCUT2D eigenvalue weighted by molar-refractivity contribution is 9.10. The average molecular weight is 344 g/mol. The number of carboxylic acids is 1. The van der Waals surface area contributed by atoms with Crippen LogP contribution in [0.3, 0.4) is 0 Å². The van der Waals surface area contributed by atoms with Gasteiger partial charge in [0.25, 0.3) is 0 Å². The summed E-state index contributed by atoms with van der Waals surface area (Å²) in [5.74, 6) is -0.203. The highest BCUT2D eigenvalue weighted by atomic mass is 79.9. The third-order valence-electron chi connectivity index (χ3n) is 2.21. The number of carboxylic acid groups (broad SMARTS) is 1. The van der Waals surface area contributed by atoms with Crippen LogP contribution in [0.25, 0.3) is 0 Å². The Labute approximate surface area is 121 Å². The van der Waals surface area contributed by atoms with Crippen LogP contribution in [-0.2, 0) is 5.75 Å². The third-order valence-corrected chi connectivity index (χ3v) is 5.09. The normalized spacial score (nSPS) is 10.6. The molecule has 1 aromatic carbocycles. The number of rotatable bonds is 4. The van der Waals surface area contributed by atoms with Gasteiger partial charge in [-0.2, -0.15) is 0 Å². The topological polar surface area (TPSA) is 50.2 Å². The average Bonchev–Trinajstić information content (AvgIpc) is 2.70. The van der Waals surface area contributed by atoms with E-state index in [4.69, 9.17) is 5.11 Å². The van der Waals surface area contributed by atoms with E-state index in [0.29, 0.717) is 16.3 Å². The quantitative estimate of drug-likeness (QED) is 0.845. The van der Waals surface area contributed by atoms with E-state index in [-0.39, 0.29) is 0 Å². The predicted molar refractivity (Wildman–Crippen MR) is 77.5 cm³/mol. The molecule has 1 heterocycles. The maximum absolute atomic E-state index is 10.9. The summed E-state index contributed by atoms with van der Waals surface area (Å²) in [6.07, 6.45) is 0. The summed E-state index contributed by atoms with van der Waals surface area (Å²) in [6.45, 7) is 1.73. The molecule has 0 spiro atoms. The zero-order valence-corrected chi connectivity index (χ0v) is 12.7. The van der Waals surface area contributed by atoms with Gasteiger partial charge in [0.05, 0.1) is 11.4 Å². The van der Waals surface area contributed by atoms with Crippen molar-refractivity contribution in [3.05, 3.63) is 44.3 Å². The van der Waals surface area contributed by atoms with E-state index in [1.54, 1.807) is 18.7 Å². The maximum Gasteiger partial charge on any atom is 0.347 e. The van der Waals surface area contributed by atoms with Crippen LogP contribution in [0, 0.1) is 6.92 Å². The van der Waals surface area contributed by atoms with Crippen LogP contribution in [0.1, 0.15) is 20.4 Å². The van der Waals surface area contributed by atoms with Gasteiger partial charge in [-0.3, -0.25) is 0 Å². The number of aryl methyl sites for hydroxylation is 1. The van der Waals surface area contributed by atoms with E-state index in [9.17, 15) is 4.79 Å². The van der Waals surface area contributed by atoms with Crippen LogP contribution in [-0.4, -0.2) is 16.1 Å². The number of aromatic carboxylic acids is 1. The molecular formula is C12H10BrNO2S2. The molecule has 0 aliphatic carbocycles. The Hall–Kier alpha value is -0.850. The van der Waals surface area contributed by atoms with Crippen molar-refractivity contribution >= 4 is 45.0 Å². The van der Waals surface area contributed by atoms with E-state index in [2.05, 4.69) is 20.9 Å². The molecule has 0 bridgehead atoms. The molecule has 2 aromatic rings. The van der Waals surface area contributed by atoms with E-state index in [0.717, 1.165) is 14.4 Å². The van der Waals surface area contributed by atoms with Crippen molar-refractivity contribution in [3.63, 3.8) is 0 Å². The first-order chi connectivity index (χ1) is 8.56. The summed E-state index contributed by atoms with van der Waals surface area (Å²) in [7, 11) is 0. The smallest absolute Gasteiger partial charge is 0.347 e. The molecule has 0 fully saturated rings. The Bertz CT molecular complexity index is 566. The number of halogens is 1. The summed E-state index contributed by atoms with van der Waals surface area (Å²) in [5, 5.41) is 9.80. The van der Waals surface area contributed by atoms with E-state index < -0.39 is 5.97 Å². The lowest BCUT2D eigenvalue weighted by Crippen LogP contribution is -1.94. The number of aromatic nitrogens is 1. The first-order valence-corrected chi connectivity index (χ1v) is 7.73. The molecule has 0 unspecified atom stereocenters. The lowest BCUT2D eigenvalue weighted by atomic mass is 10.4. The van der Waals surface area contributed by atoms with Gasteiger partial charge >= 0.3 is 5.97 Å². The number of thiazole rings is 1. The van der Waals surface area contributed by atoms with Gasteiger partial charge in [-0.05, 0) is 31.2 Å². The van der Waals surface area contributed by atoms with Gasteiger partial charge in [0, 0.05) is 9.37 Å². The first kappa shape index (κ1) is 13.6. The SMILES string of the molecule is Cc1nc(CSc2ccc(Br)cc2)sc1C(=O)O. The van der Waals surface area contributed by atoms with E-state index in [1.807, 2.05) is 24.3 Å². The monoisotopic (exact) mass is 343 g/mol. The predicted octanol–water partition coefficient (Wildman–Crippen LogP) is 4.20. The Kier molecular flexibility index (Phi) is 4.42. The minimum absolute atomic E-state index is 0.335. The zero-order valence-electron chi connectivity index (χ0n) is 9.51. The van der Waals surface area contributed by atoms with Crippen molar-refractivity contribution in [2.24, 2.45) is 0 Å². The molecule has 94 valence electrons. The van der Waals surface area contributed by atoms with Gasteiger partial charge in [0.2, 0.25) is 0 Å². The summed E-state index contributed by atoms with van der Waals surface area (Å²) in [5.41, 5.74) is 0.596. The number of nitrogens with zero attached hydrogens (tertiary/aromatic N) is 1. The van der Waals surface area contributed by atoms with Gasteiger partial charge in [-0.1, -0.05) is 15.9 Å². The van der Waals surface area contributed by atoms with Crippen LogP contribution in [0.15, 0.2) is 33.6 Å². The standard InChI is InChI=1S/C12H10BrNO2S2/c1-7-11(12(15)16)18-10(14-7)6-17-9-4-2-8(13)3-5-9/h2-5H,6H2,1H3,(H,15,16). The zero-order chi connectivity index (χ0) is 13.1. The van der Waals surface area contributed by atoms with Crippen molar-refractivity contribution in [2.45, 2.75) is 17.6 Å². The summed E-state index contributed by atoms with van der Waals surface area (Å²) < 4.78 is 1.05. The second kappa shape index (κ2) is 5.86. The Morgan fingerprint density at radius 1 is 1.44 bits per heavy atom. The summed E-state index contributed by atoms with van der Waals surface area (Å²) >= 11 is 6.28. The highest BCUT2D eigenvalue weighted by Gasteiger charge is 2.13. The lowest BCUT2D eigenvalue weighted by molar-refractivity contribution is 0.0701. The second-order valence-corrected chi connectivity index (χ2v) is 6.62. The fourth-order valence-corrected chi connectivity index (χ4v) is 3.45. The van der Waals surface area contributed by atoms with Crippen LogP contribution < -0.4 is 0 Å². The molecule has 6 heteroatoms. The molecule has 0 radical (unpaired) electrons. The number of hydrogen-bond donors (Lipinski definition) is 1. The van der Waals surface area contributed by atoms with Crippen LogP contribution >= 0.6 is 39.0 Å². The van der Waals surface area contributed by atoms with E-state index in [1.165, 1.54) is 11.3 Å². The van der Waals surface area contributed by atoms with Crippen molar-refractivity contribution in [3.8, 4) is 0 Å². The largest absolute Gasteiger partial charge is 0.477 e. The number of thioether (sulfide) groups is 1. The molecule has 2 rings (SSSR count). The molecule has 3 nitrogen and oxygen atoms in total. The molecule has 1 aromatic heterocycles. The Morgan fingerprint density at radius 3 is 2.67 bits per heavy atom. The molecule has 0 aliphatic heterocycles. The fraction of sp³-hybridized carbons (Fsp3) is 0.167. The van der Waals surface area contributed by atoms with Crippen LogP contribution in [0.5, 0.6) is 0 Å². The van der Waals surface area contributed by atoms with Gasteiger partial charge in [0.1, 0.15) is 9.88 Å². The lowest BCUT2D eigenvalue weighted by Gasteiger charge is -1.98. The molecule has 0 saturated carbocycles. The van der Waals surface area contributed by atoms with Gasteiger partial charge in [0.15, 0.2) is 0 Å². The minimum atomic E-state index is -0.898. The molecule has 18 heavy (non-hydrogen) atoms. The molecule has 0 aliphatic rings. The Balaban J connectivity index is 2.04. The summed E-state index contributed by atoms with van der Waals surface area (Å²) in [4.78, 5) is 16.7. The van der Waals surface area contributed by atoms with Crippen LogP contribution in [0.2, 0.25) is 0 Å². The summed E-state index contributed by atoms with van der Waals surface area (Å²) in [6, 6.07) is 8.01. The fourth-order valence-electron chi connectivity index (χ4n) is 1.39. The molecule has 0 amide bonds. The first-order valence-electron chi connectivity index (χ1n) is 5.14. The molecular weight excluding hydrogens is 334 g/mol. The van der Waals surface area contributed by atoms with Crippen molar-refractivity contribution in [1.82, 2.24) is 4.98 Å². The highest BCUT2D eigenvalue weighted by Crippen LogP contribution is 2.27. The van der Waals surface area contributed by atoms with Gasteiger partial charge in [-0.25, -0.2) is 9.78 Å². The molecule has 0 saturated heterocycles. The van der Waals surface area contributed by atoms with Crippen molar-refractivity contribution in [2.75, 3.05) is 0 Å². The van der Waals surface area contributed by atoms with Crippen molar-refractivity contribution < 1.29 is 9.90 Å².